The number of nitrogens with two attached hydrogens (primary N) is 2. The van der Waals surface area contributed by atoms with Crippen molar-refractivity contribution >= 4 is 21.4 Å². The number of aliphatic hydroxyl groups is 1. The molecule has 1 atom stereocenters. The maximum Gasteiger partial charge on any atom is 0.238 e. The first-order valence-electron chi connectivity index (χ1n) is 6.73. The molecular weight excluding hydrogens is 278 g/mol. The number of benzene rings is 1. The van der Waals surface area contributed by atoms with E-state index in [-0.39, 0.29) is 17.5 Å². The van der Waals surface area contributed by atoms with Crippen LogP contribution >= 0.6 is 0 Å². The summed E-state index contributed by atoms with van der Waals surface area (Å²) in [7, 11) is -3.75. The zero-order valence-corrected chi connectivity index (χ0v) is 12.1. The van der Waals surface area contributed by atoms with E-state index in [1.165, 1.54) is 12.1 Å². The molecule has 1 aromatic rings. The second kappa shape index (κ2) is 5.99. The maximum atomic E-state index is 11.3. The summed E-state index contributed by atoms with van der Waals surface area (Å²) in [4.78, 5) is 2.07. The number of nitrogens with zero attached hydrogens (tertiary/aromatic N) is 1. The Kier molecular flexibility index (Phi) is 4.52. The van der Waals surface area contributed by atoms with Crippen LogP contribution in [0.3, 0.4) is 0 Å². The van der Waals surface area contributed by atoms with Gasteiger partial charge in [0.2, 0.25) is 10.0 Å². The van der Waals surface area contributed by atoms with Gasteiger partial charge in [-0.25, -0.2) is 13.6 Å². The number of hydrogen-bond acceptors (Lipinski definition) is 5. The fraction of sp³-hybridized carbons (Fsp3) is 0.538. The van der Waals surface area contributed by atoms with Gasteiger partial charge in [0.15, 0.2) is 0 Å². The SMILES string of the molecule is Nc1cc(S(N)(=O)=O)ccc1N1CCCCCC1CO. The van der Waals surface area contributed by atoms with Crippen LogP contribution in [0.2, 0.25) is 0 Å². The Morgan fingerprint density at radius 1 is 1.30 bits per heavy atom. The van der Waals surface area contributed by atoms with Gasteiger partial charge in [0.05, 0.1) is 28.9 Å². The molecule has 1 aliphatic rings. The lowest BCUT2D eigenvalue weighted by atomic mass is 10.1. The van der Waals surface area contributed by atoms with Crippen LogP contribution in [-0.2, 0) is 10.0 Å². The fourth-order valence-corrected chi connectivity index (χ4v) is 3.20. The third-order valence-electron chi connectivity index (χ3n) is 3.72. The Bertz CT molecular complexity index is 574. The van der Waals surface area contributed by atoms with Gasteiger partial charge in [-0.15, -0.1) is 0 Å². The number of primary sulfonamides is 1. The summed E-state index contributed by atoms with van der Waals surface area (Å²) in [5.74, 6) is 0. The zero-order chi connectivity index (χ0) is 14.8. The topological polar surface area (TPSA) is 110 Å². The van der Waals surface area contributed by atoms with Crippen LogP contribution < -0.4 is 15.8 Å². The molecule has 0 aliphatic carbocycles. The summed E-state index contributed by atoms with van der Waals surface area (Å²) in [5.41, 5.74) is 7.11. The number of rotatable bonds is 3. The Morgan fingerprint density at radius 3 is 2.65 bits per heavy atom. The summed E-state index contributed by atoms with van der Waals surface area (Å²) in [6, 6.07) is 4.54. The number of nitrogen functional groups attached to an aromatic ring is 1. The van der Waals surface area contributed by atoms with E-state index in [1.807, 2.05) is 0 Å². The van der Waals surface area contributed by atoms with E-state index in [2.05, 4.69) is 4.90 Å². The monoisotopic (exact) mass is 299 g/mol. The van der Waals surface area contributed by atoms with Gasteiger partial charge in [-0.1, -0.05) is 12.8 Å². The molecule has 0 aromatic heterocycles. The molecule has 5 N–H and O–H groups in total. The molecule has 7 heteroatoms. The standard InChI is InChI=1S/C13H21N3O3S/c14-12-8-11(20(15,18)19)5-6-13(12)16-7-3-1-2-4-10(16)9-17/h5-6,8,10,17H,1-4,7,9,14H2,(H2,15,18,19). The minimum Gasteiger partial charge on any atom is -0.397 e. The molecule has 0 bridgehead atoms. The summed E-state index contributed by atoms with van der Waals surface area (Å²) in [6.07, 6.45) is 4.15. The van der Waals surface area contributed by atoms with Crippen LogP contribution in [-0.4, -0.2) is 32.7 Å². The normalized spacial score (nSPS) is 20.7. The quantitative estimate of drug-likeness (QED) is 0.710. The van der Waals surface area contributed by atoms with E-state index in [9.17, 15) is 13.5 Å². The Morgan fingerprint density at radius 2 is 2.05 bits per heavy atom. The summed E-state index contributed by atoms with van der Waals surface area (Å²) < 4.78 is 22.6. The second-order valence-corrected chi connectivity index (χ2v) is 6.71. The molecule has 112 valence electrons. The molecule has 0 saturated carbocycles. The molecule has 20 heavy (non-hydrogen) atoms. The van der Waals surface area contributed by atoms with Crippen molar-refractivity contribution in [2.75, 3.05) is 23.8 Å². The lowest BCUT2D eigenvalue weighted by molar-refractivity contribution is 0.255. The molecule has 0 radical (unpaired) electrons. The molecule has 1 aliphatic heterocycles. The minimum absolute atomic E-state index is 0.00844. The predicted octanol–water partition coefficient (Wildman–Crippen LogP) is 0.657. The highest BCUT2D eigenvalue weighted by atomic mass is 32.2. The largest absolute Gasteiger partial charge is 0.397 e. The lowest BCUT2D eigenvalue weighted by Gasteiger charge is -2.32. The van der Waals surface area contributed by atoms with Crippen molar-refractivity contribution < 1.29 is 13.5 Å². The number of hydrogen-bond donors (Lipinski definition) is 3. The number of sulfonamides is 1. The first-order valence-corrected chi connectivity index (χ1v) is 8.28. The van der Waals surface area contributed by atoms with Crippen LogP contribution in [0.25, 0.3) is 0 Å². The average molecular weight is 299 g/mol. The highest BCUT2D eigenvalue weighted by Crippen LogP contribution is 2.30. The van der Waals surface area contributed by atoms with Crippen LogP contribution in [0.5, 0.6) is 0 Å². The van der Waals surface area contributed by atoms with Gasteiger partial charge in [-0.2, -0.15) is 0 Å². The Hall–Kier alpha value is -1.31. The molecule has 0 spiro atoms. The van der Waals surface area contributed by atoms with Gasteiger partial charge < -0.3 is 15.7 Å². The zero-order valence-electron chi connectivity index (χ0n) is 11.3. The molecule has 1 fully saturated rings. The van der Waals surface area contributed by atoms with Crippen LogP contribution in [0.4, 0.5) is 11.4 Å². The molecule has 0 amide bonds. The van der Waals surface area contributed by atoms with Gasteiger partial charge >= 0.3 is 0 Å². The van der Waals surface area contributed by atoms with Crippen molar-refractivity contribution in [3.05, 3.63) is 18.2 Å². The minimum atomic E-state index is -3.75. The highest BCUT2D eigenvalue weighted by molar-refractivity contribution is 7.89. The molecule has 1 aromatic carbocycles. The van der Waals surface area contributed by atoms with Gasteiger partial charge in [-0.3, -0.25) is 0 Å². The van der Waals surface area contributed by atoms with Crippen molar-refractivity contribution in [3.8, 4) is 0 Å². The lowest BCUT2D eigenvalue weighted by Crippen LogP contribution is -2.38. The highest BCUT2D eigenvalue weighted by Gasteiger charge is 2.23. The van der Waals surface area contributed by atoms with Crippen molar-refractivity contribution in [1.29, 1.82) is 0 Å². The molecule has 2 rings (SSSR count). The summed E-state index contributed by atoms with van der Waals surface area (Å²) in [5, 5.41) is 14.6. The molecule has 1 heterocycles. The maximum absolute atomic E-state index is 11.3. The third-order valence-corrected chi connectivity index (χ3v) is 4.64. The average Bonchev–Trinajstić information content (AvgIpc) is 2.62. The summed E-state index contributed by atoms with van der Waals surface area (Å²) in [6.45, 7) is 0.876. The van der Waals surface area contributed by atoms with Crippen LogP contribution in [0.1, 0.15) is 25.7 Å². The van der Waals surface area contributed by atoms with E-state index in [4.69, 9.17) is 10.9 Å². The smallest absolute Gasteiger partial charge is 0.238 e. The van der Waals surface area contributed by atoms with E-state index >= 15 is 0 Å². The second-order valence-electron chi connectivity index (χ2n) is 5.14. The van der Waals surface area contributed by atoms with E-state index in [1.54, 1.807) is 6.07 Å². The van der Waals surface area contributed by atoms with E-state index in [0.717, 1.165) is 37.9 Å². The molecule has 1 unspecified atom stereocenters. The van der Waals surface area contributed by atoms with Crippen LogP contribution in [0, 0.1) is 0 Å². The number of aliphatic hydroxyl groups excluding tert-OH is 1. The Labute approximate surface area is 119 Å². The van der Waals surface area contributed by atoms with E-state index < -0.39 is 10.0 Å². The fourth-order valence-electron chi connectivity index (χ4n) is 2.66. The van der Waals surface area contributed by atoms with Crippen molar-refractivity contribution in [2.45, 2.75) is 36.6 Å². The molecule has 6 nitrogen and oxygen atoms in total. The number of anilines is 2. The third kappa shape index (κ3) is 3.23. The van der Waals surface area contributed by atoms with Crippen LogP contribution in [0.15, 0.2) is 23.1 Å². The van der Waals surface area contributed by atoms with Gasteiger partial charge in [0, 0.05) is 6.54 Å². The summed E-state index contributed by atoms with van der Waals surface area (Å²) >= 11 is 0. The van der Waals surface area contributed by atoms with Crippen molar-refractivity contribution in [3.63, 3.8) is 0 Å². The van der Waals surface area contributed by atoms with Gasteiger partial charge in [0.25, 0.3) is 0 Å². The van der Waals surface area contributed by atoms with Crippen molar-refractivity contribution in [1.82, 2.24) is 0 Å². The first-order chi connectivity index (χ1) is 9.43. The predicted molar refractivity (Wildman–Crippen MR) is 78.9 cm³/mol. The van der Waals surface area contributed by atoms with Gasteiger partial charge in [-0.05, 0) is 31.0 Å². The van der Waals surface area contributed by atoms with E-state index in [0.29, 0.717) is 5.69 Å². The molecular formula is C13H21N3O3S. The Balaban J connectivity index is 2.36. The van der Waals surface area contributed by atoms with Gasteiger partial charge in [0.1, 0.15) is 0 Å². The molecule has 1 saturated heterocycles. The van der Waals surface area contributed by atoms with Crippen molar-refractivity contribution in [2.24, 2.45) is 5.14 Å². The first kappa shape index (κ1) is 15.1.